The van der Waals surface area contributed by atoms with Gasteiger partial charge in [-0.05, 0) is 104 Å². The Kier molecular flexibility index (Phi) is 7.91. The zero-order valence-electron chi connectivity index (χ0n) is 23.0. The summed E-state index contributed by atoms with van der Waals surface area (Å²) in [6.45, 7) is 2.25. The number of hydrogen-bond acceptors (Lipinski definition) is 3. The van der Waals surface area contributed by atoms with Gasteiger partial charge in [0.15, 0.2) is 0 Å². The van der Waals surface area contributed by atoms with E-state index in [1.54, 1.807) is 24.3 Å². The first-order valence-electron chi connectivity index (χ1n) is 14.4. The third-order valence-corrected chi connectivity index (χ3v) is 11.1. The van der Waals surface area contributed by atoms with Gasteiger partial charge in [-0.1, -0.05) is 30.3 Å². The molecule has 2 saturated carbocycles. The molecular formula is C32H33F5N2O2S. The third-order valence-electron chi connectivity index (χ3n) is 9.14. The number of fused-ring (bicyclic) bond motifs is 1. The lowest BCUT2D eigenvalue weighted by Crippen LogP contribution is -2.45. The largest absolute Gasteiger partial charge is 0.416 e. The highest BCUT2D eigenvalue weighted by Crippen LogP contribution is 2.47. The number of benzene rings is 3. The fourth-order valence-electron chi connectivity index (χ4n) is 6.98. The summed E-state index contributed by atoms with van der Waals surface area (Å²) in [5.41, 5.74) is 0.909. The first-order chi connectivity index (χ1) is 20.0. The van der Waals surface area contributed by atoms with Gasteiger partial charge in [0.05, 0.1) is 10.5 Å². The molecule has 1 saturated heterocycles. The molecule has 3 aliphatic rings. The summed E-state index contributed by atoms with van der Waals surface area (Å²) in [5, 5.41) is 0. The van der Waals surface area contributed by atoms with E-state index in [1.165, 1.54) is 34.6 Å². The van der Waals surface area contributed by atoms with E-state index in [0.29, 0.717) is 31.7 Å². The van der Waals surface area contributed by atoms with Gasteiger partial charge in [0, 0.05) is 31.1 Å². The molecule has 3 aromatic carbocycles. The average Bonchev–Trinajstić information content (AvgIpc) is 3.59. The van der Waals surface area contributed by atoms with Crippen molar-refractivity contribution in [1.82, 2.24) is 9.21 Å². The van der Waals surface area contributed by atoms with Crippen LogP contribution in [0.3, 0.4) is 0 Å². The highest BCUT2D eigenvalue weighted by Gasteiger charge is 2.52. The molecule has 0 aromatic heterocycles. The van der Waals surface area contributed by atoms with E-state index in [1.807, 2.05) is 0 Å². The van der Waals surface area contributed by atoms with Crippen LogP contribution in [0.2, 0.25) is 0 Å². The van der Waals surface area contributed by atoms with Gasteiger partial charge in [-0.15, -0.1) is 0 Å². The fraction of sp³-hybridized carbons (Fsp3) is 0.438. The van der Waals surface area contributed by atoms with Crippen molar-refractivity contribution in [1.29, 1.82) is 0 Å². The number of hydrogen-bond donors (Lipinski definition) is 0. The van der Waals surface area contributed by atoms with Crippen molar-refractivity contribution in [3.8, 4) is 0 Å². The molecule has 0 spiro atoms. The molecule has 3 aromatic rings. The van der Waals surface area contributed by atoms with Crippen LogP contribution < -0.4 is 0 Å². The molecule has 6 rings (SSSR count). The summed E-state index contributed by atoms with van der Waals surface area (Å²) in [6.07, 6.45) is -0.909. The molecule has 0 amide bonds. The fourth-order valence-corrected chi connectivity index (χ4v) is 8.98. The Bertz CT molecular complexity index is 1460. The maximum absolute atomic E-state index is 13.8. The molecule has 1 aliphatic heterocycles. The number of likely N-dealkylation sites (tertiary alicyclic amines) is 1. The molecule has 0 N–H and O–H groups in total. The Hall–Kier alpha value is -2.82. The maximum Gasteiger partial charge on any atom is 0.416 e. The van der Waals surface area contributed by atoms with Crippen LogP contribution in [0.4, 0.5) is 22.0 Å². The molecule has 224 valence electrons. The van der Waals surface area contributed by atoms with E-state index < -0.39 is 21.8 Å². The second kappa shape index (κ2) is 11.4. The van der Waals surface area contributed by atoms with Gasteiger partial charge >= 0.3 is 6.18 Å². The Balaban J connectivity index is 1.19. The molecule has 0 unspecified atom stereocenters. The van der Waals surface area contributed by atoms with Gasteiger partial charge in [0.2, 0.25) is 10.0 Å². The smallest absolute Gasteiger partial charge is 0.303 e. The molecular weight excluding hydrogens is 571 g/mol. The van der Waals surface area contributed by atoms with Crippen LogP contribution in [0.5, 0.6) is 0 Å². The summed E-state index contributed by atoms with van der Waals surface area (Å²) in [5.74, 6) is -0.304. The minimum atomic E-state index is -4.62. The van der Waals surface area contributed by atoms with Crippen LogP contribution in [-0.4, -0.2) is 49.3 Å². The minimum Gasteiger partial charge on any atom is -0.303 e. The van der Waals surface area contributed by atoms with Gasteiger partial charge in [-0.2, -0.15) is 17.5 Å². The van der Waals surface area contributed by atoms with E-state index in [-0.39, 0.29) is 40.4 Å². The Morgan fingerprint density at radius 1 is 0.833 bits per heavy atom. The monoisotopic (exact) mass is 604 g/mol. The Labute approximate surface area is 243 Å². The molecule has 3 atom stereocenters. The second-order valence-electron chi connectivity index (χ2n) is 11.9. The van der Waals surface area contributed by atoms with Gasteiger partial charge in [0.25, 0.3) is 0 Å². The van der Waals surface area contributed by atoms with Gasteiger partial charge in [0.1, 0.15) is 11.6 Å². The standard InChI is InChI=1S/C32H33F5N2O2S/c33-25-9-4-21(5-10-25)29(22-6-11-26(34)12-7-22)16-17-38-19-23-8-15-31(30(23)20-38)39(27-13-14-27)42(40,41)28-3-1-2-24(18-28)32(35,36)37/h1-7,9-12,18,23,27,29-31H,8,13-17,19-20H2/t23-,30+,31-/m0/s1. The van der Waals surface area contributed by atoms with E-state index in [4.69, 9.17) is 0 Å². The van der Waals surface area contributed by atoms with Crippen LogP contribution in [0, 0.1) is 23.5 Å². The molecule has 4 nitrogen and oxygen atoms in total. The van der Waals surface area contributed by atoms with Crippen molar-refractivity contribution in [3.63, 3.8) is 0 Å². The highest BCUT2D eigenvalue weighted by atomic mass is 32.2. The number of rotatable bonds is 9. The third kappa shape index (κ3) is 5.98. The highest BCUT2D eigenvalue weighted by molar-refractivity contribution is 7.89. The Morgan fingerprint density at radius 2 is 1.45 bits per heavy atom. The molecule has 0 radical (unpaired) electrons. The maximum atomic E-state index is 13.8. The zero-order valence-corrected chi connectivity index (χ0v) is 23.8. The summed E-state index contributed by atoms with van der Waals surface area (Å²) < 4.78 is 96.6. The van der Waals surface area contributed by atoms with Gasteiger partial charge in [-0.25, -0.2) is 17.2 Å². The predicted molar refractivity (Wildman–Crippen MR) is 149 cm³/mol. The minimum absolute atomic E-state index is 0.0633. The van der Waals surface area contributed by atoms with Crippen molar-refractivity contribution in [2.45, 2.75) is 61.2 Å². The van der Waals surface area contributed by atoms with Crippen LogP contribution in [0.1, 0.15) is 54.7 Å². The second-order valence-corrected chi connectivity index (χ2v) is 13.7. The van der Waals surface area contributed by atoms with E-state index in [9.17, 15) is 30.4 Å². The first kappa shape index (κ1) is 29.3. The van der Waals surface area contributed by atoms with Crippen molar-refractivity contribution < 1.29 is 30.4 Å². The summed E-state index contributed by atoms with van der Waals surface area (Å²) >= 11 is 0. The number of sulfonamides is 1. The van der Waals surface area contributed by atoms with Crippen molar-refractivity contribution in [2.24, 2.45) is 11.8 Å². The van der Waals surface area contributed by atoms with Gasteiger partial charge < -0.3 is 4.90 Å². The van der Waals surface area contributed by atoms with E-state index in [0.717, 1.165) is 55.3 Å². The molecule has 10 heteroatoms. The van der Waals surface area contributed by atoms with Gasteiger partial charge in [-0.3, -0.25) is 0 Å². The lowest BCUT2D eigenvalue weighted by molar-refractivity contribution is -0.137. The lowest BCUT2D eigenvalue weighted by atomic mass is 9.88. The molecule has 0 bridgehead atoms. The molecule has 1 heterocycles. The van der Waals surface area contributed by atoms with Crippen molar-refractivity contribution in [3.05, 3.63) is 101 Å². The average molecular weight is 605 g/mol. The molecule has 3 fully saturated rings. The quantitative estimate of drug-likeness (QED) is 0.246. The zero-order chi connectivity index (χ0) is 29.6. The van der Waals surface area contributed by atoms with E-state index in [2.05, 4.69) is 4.90 Å². The summed E-state index contributed by atoms with van der Waals surface area (Å²) in [7, 11) is -4.11. The van der Waals surface area contributed by atoms with E-state index >= 15 is 0 Å². The predicted octanol–water partition coefficient (Wildman–Crippen LogP) is 7.07. The number of alkyl halides is 3. The van der Waals surface area contributed by atoms with Crippen LogP contribution in [0.25, 0.3) is 0 Å². The van der Waals surface area contributed by atoms with Crippen LogP contribution in [-0.2, 0) is 16.2 Å². The Morgan fingerprint density at radius 3 is 2.02 bits per heavy atom. The lowest BCUT2D eigenvalue weighted by Gasteiger charge is -2.33. The number of nitrogens with zero attached hydrogens (tertiary/aromatic N) is 2. The first-order valence-corrected chi connectivity index (χ1v) is 15.9. The van der Waals surface area contributed by atoms with Crippen LogP contribution >= 0.6 is 0 Å². The number of halogens is 5. The summed E-state index contributed by atoms with van der Waals surface area (Å²) in [4.78, 5) is 2.03. The normalized spacial score (nSPS) is 23.2. The molecule has 2 aliphatic carbocycles. The molecule has 42 heavy (non-hydrogen) atoms. The van der Waals surface area contributed by atoms with Crippen molar-refractivity contribution in [2.75, 3.05) is 19.6 Å². The van der Waals surface area contributed by atoms with Crippen LogP contribution in [0.15, 0.2) is 77.7 Å². The topological polar surface area (TPSA) is 40.6 Å². The SMILES string of the molecule is O=S(=O)(c1cccc(C(F)(F)F)c1)N(C1CC1)[C@H]1CC[C@H]2CN(CCC(c3ccc(F)cc3)c3ccc(F)cc3)C[C@H]21. The van der Waals surface area contributed by atoms with Crippen molar-refractivity contribution >= 4 is 10.0 Å². The summed E-state index contributed by atoms with van der Waals surface area (Å²) in [6, 6.07) is 16.4.